The number of rotatable bonds is 4. The maximum absolute atomic E-state index is 12.0. The van der Waals surface area contributed by atoms with Gasteiger partial charge in [0.25, 0.3) is 0 Å². The number of benzene rings is 1. The van der Waals surface area contributed by atoms with E-state index in [1.807, 2.05) is 25.1 Å². The summed E-state index contributed by atoms with van der Waals surface area (Å²) in [5, 5.41) is 6.45. The van der Waals surface area contributed by atoms with Gasteiger partial charge in [-0.15, -0.1) is 12.4 Å². The first kappa shape index (κ1) is 17.5. The molecule has 124 valence electrons. The number of likely N-dealkylation sites (tertiary alicyclic amines) is 1. The molecule has 1 aromatic carbocycles. The van der Waals surface area contributed by atoms with Crippen LogP contribution < -0.4 is 11.1 Å². The summed E-state index contributed by atoms with van der Waals surface area (Å²) >= 11 is 0. The van der Waals surface area contributed by atoms with Crippen molar-refractivity contribution in [3.8, 4) is 0 Å². The number of carbonyl (C=O) groups excluding carboxylic acids is 1. The summed E-state index contributed by atoms with van der Waals surface area (Å²) in [4.78, 5) is 14.1. The first-order chi connectivity index (χ1) is 10.6. The SMILES string of the molecule is Cc1cc(NC(=O)CN2C[C@@H](N)[C@H](c3ccccc3)C2)on1.Cl. The summed E-state index contributed by atoms with van der Waals surface area (Å²) in [6.07, 6.45) is 0. The van der Waals surface area contributed by atoms with E-state index in [9.17, 15) is 4.79 Å². The molecule has 0 unspecified atom stereocenters. The Morgan fingerprint density at radius 1 is 1.39 bits per heavy atom. The summed E-state index contributed by atoms with van der Waals surface area (Å²) in [6.45, 7) is 3.61. The molecule has 1 aromatic heterocycles. The Morgan fingerprint density at radius 3 is 2.78 bits per heavy atom. The van der Waals surface area contributed by atoms with Gasteiger partial charge >= 0.3 is 0 Å². The lowest BCUT2D eigenvalue weighted by molar-refractivity contribution is -0.117. The number of hydrogen-bond acceptors (Lipinski definition) is 5. The van der Waals surface area contributed by atoms with Gasteiger partial charge in [0, 0.05) is 31.1 Å². The first-order valence-electron chi connectivity index (χ1n) is 7.38. The number of nitrogens with two attached hydrogens (primary N) is 1. The van der Waals surface area contributed by atoms with Crippen LogP contribution in [0.3, 0.4) is 0 Å². The van der Waals surface area contributed by atoms with Crippen LogP contribution in [0.5, 0.6) is 0 Å². The summed E-state index contributed by atoms with van der Waals surface area (Å²) in [5.74, 6) is 0.532. The normalized spacial score (nSPS) is 21.0. The summed E-state index contributed by atoms with van der Waals surface area (Å²) in [6, 6.07) is 11.9. The van der Waals surface area contributed by atoms with E-state index in [1.165, 1.54) is 5.56 Å². The number of anilines is 1. The van der Waals surface area contributed by atoms with Crippen LogP contribution >= 0.6 is 12.4 Å². The van der Waals surface area contributed by atoms with Crippen LogP contribution in [0.15, 0.2) is 40.9 Å². The lowest BCUT2D eigenvalue weighted by Gasteiger charge is -2.15. The standard InChI is InChI=1S/C16H20N4O2.ClH/c1-11-7-16(22-19-11)18-15(21)10-20-8-13(14(17)9-20)12-5-3-2-4-6-12;/h2-7,13-14H,8-10,17H2,1H3,(H,18,21);1H/t13-,14+;/m0./s1. The Labute approximate surface area is 141 Å². The number of nitrogens with one attached hydrogen (secondary N) is 1. The molecule has 3 N–H and O–H groups in total. The molecule has 6 nitrogen and oxygen atoms in total. The topological polar surface area (TPSA) is 84.4 Å². The van der Waals surface area contributed by atoms with Crippen molar-refractivity contribution in [2.75, 3.05) is 25.0 Å². The maximum Gasteiger partial charge on any atom is 0.240 e. The molecule has 0 aliphatic carbocycles. The fraction of sp³-hybridized carbons (Fsp3) is 0.375. The van der Waals surface area contributed by atoms with Gasteiger partial charge in [-0.3, -0.25) is 15.0 Å². The van der Waals surface area contributed by atoms with Gasteiger partial charge in [-0.25, -0.2) is 0 Å². The third-order valence-electron chi connectivity index (χ3n) is 3.93. The Bertz CT molecular complexity index is 647. The van der Waals surface area contributed by atoms with E-state index in [-0.39, 0.29) is 30.3 Å². The van der Waals surface area contributed by atoms with Gasteiger partial charge in [0.2, 0.25) is 11.8 Å². The van der Waals surface area contributed by atoms with E-state index in [2.05, 4.69) is 27.5 Å². The molecule has 0 spiro atoms. The molecule has 2 heterocycles. The fourth-order valence-corrected chi connectivity index (χ4v) is 2.90. The molecule has 2 atom stereocenters. The minimum atomic E-state index is -0.114. The van der Waals surface area contributed by atoms with Crippen LogP contribution in [0, 0.1) is 6.92 Å². The van der Waals surface area contributed by atoms with Crippen molar-refractivity contribution in [1.29, 1.82) is 0 Å². The number of amides is 1. The first-order valence-corrected chi connectivity index (χ1v) is 7.38. The van der Waals surface area contributed by atoms with Crippen LogP contribution in [0.25, 0.3) is 0 Å². The third kappa shape index (κ3) is 4.31. The highest BCUT2D eigenvalue weighted by Crippen LogP contribution is 2.26. The van der Waals surface area contributed by atoms with E-state index in [0.717, 1.165) is 12.2 Å². The van der Waals surface area contributed by atoms with Gasteiger partial charge in [-0.1, -0.05) is 35.5 Å². The van der Waals surface area contributed by atoms with E-state index in [0.29, 0.717) is 19.0 Å². The van der Waals surface area contributed by atoms with Crippen LogP contribution in [0.2, 0.25) is 0 Å². The van der Waals surface area contributed by atoms with Crippen LogP contribution in [-0.2, 0) is 4.79 Å². The minimum absolute atomic E-state index is 0. The van der Waals surface area contributed by atoms with Crippen LogP contribution in [0.4, 0.5) is 5.88 Å². The number of halogens is 1. The number of aromatic nitrogens is 1. The largest absolute Gasteiger partial charge is 0.338 e. The van der Waals surface area contributed by atoms with E-state index in [4.69, 9.17) is 10.3 Å². The molecule has 1 saturated heterocycles. The second-order valence-electron chi connectivity index (χ2n) is 5.76. The predicted octanol–water partition coefficient (Wildman–Crippen LogP) is 1.77. The monoisotopic (exact) mass is 336 g/mol. The average Bonchev–Trinajstić information content (AvgIpc) is 3.05. The number of hydrogen-bond donors (Lipinski definition) is 2. The molecular weight excluding hydrogens is 316 g/mol. The second-order valence-corrected chi connectivity index (χ2v) is 5.76. The second kappa shape index (κ2) is 7.59. The Kier molecular flexibility index (Phi) is 5.76. The van der Waals surface area contributed by atoms with Crippen molar-refractivity contribution >= 4 is 24.2 Å². The Hall–Kier alpha value is -1.89. The highest BCUT2D eigenvalue weighted by Gasteiger charge is 2.32. The summed E-state index contributed by atoms with van der Waals surface area (Å²) in [5.41, 5.74) is 8.20. The smallest absolute Gasteiger partial charge is 0.240 e. The van der Waals surface area contributed by atoms with Gasteiger partial charge in [-0.05, 0) is 12.5 Å². The molecule has 0 radical (unpaired) electrons. The van der Waals surface area contributed by atoms with Gasteiger partial charge < -0.3 is 10.3 Å². The zero-order valence-corrected chi connectivity index (χ0v) is 13.8. The van der Waals surface area contributed by atoms with E-state index >= 15 is 0 Å². The summed E-state index contributed by atoms with van der Waals surface area (Å²) in [7, 11) is 0. The van der Waals surface area contributed by atoms with Crippen molar-refractivity contribution in [2.24, 2.45) is 5.73 Å². The molecule has 1 aliphatic heterocycles. The van der Waals surface area contributed by atoms with Crippen molar-refractivity contribution in [2.45, 2.75) is 18.9 Å². The zero-order valence-electron chi connectivity index (χ0n) is 12.9. The van der Waals surface area contributed by atoms with Gasteiger partial charge in [0.15, 0.2) is 0 Å². The maximum atomic E-state index is 12.0. The Morgan fingerprint density at radius 2 is 2.13 bits per heavy atom. The molecule has 0 bridgehead atoms. The van der Waals surface area contributed by atoms with Gasteiger partial charge in [-0.2, -0.15) is 0 Å². The lowest BCUT2D eigenvalue weighted by Crippen LogP contribution is -2.33. The van der Waals surface area contributed by atoms with Crippen molar-refractivity contribution in [3.05, 3.63) is 47.7 Å². The quantitative estimate of drug-likeness (QED) is 0.889. The predicted molar refractivity (Wildman–Crippen MR) is 90.7 cm³/mol. The highest BCUT2D eigenvalue weighted by atomic mass is 35.5. The average molecular weight is 337 g/mol. The number of carbonyl (C=O) groups is 1. The summed E-state index contributed by atoms with van der Waals surface area (Å²) < 4.78 is 4.99. The molecule has 1 fully saturated rings. The number of aryl methyl sites for hydroxylation is 1. The molecule has 1 aliphatic rings. The van der Waals surface area contributed by atoms with Crippen LogP contribution in [-0.4, -0.2) is 41.6 Å². The van der Waals surface area contributed by atoms with Gasteiger partial charge in [0.05, 0.1) is 12.2 Å². The molecule has 3 rings (SSSR count). The molecular formula is C16H21ClN4O2. The van der Waals surface area contributed by atoms with Crippen molar-refractivity contribution < 1.29 is 9.32 Å². The van der Waals surface area contributed by atoms with Crippen molar-refractivity contribution in [1.82, 2.24) is 10.1 Å². The molecule has 7 heteroatoms. The van der Waals surface area contributed by atoms with E-state index in [1.54, 1.807) is 6.07 Å². The van der Waals surface area contributed by atoms with E-state index < -0.39 is 0 Å². The highest BCUT2D eigenvalue weighted by molar-refractivity contribution is 5.91. The molecule has 23 heavy (non-hydrogen) atoms. The number of nitrogens with zero attached hydrogens (tertiary/aromatic N) is 2. The molecule has 0 saturated carbocycles. The van der Waals surface area contributed by atoms with Crippen LogP contribution in [0.1, 0.15) is 17.2 Å². The van der Waals surface area contributed by atoms with Gasteiger partial charge in [0.1, 0.15) is 0 Å². The molecule has 1 amide bonds. The fourth-order valence-electron chi connectivity index (χ4n) is 2.90. The third-order valence-corrected chi connectivity index (χ3v) is 3.93. The lowest BCUT2D eigenvalue weighted by atomic mass is 9.95. The van der Waals surface area contributed by atoms with Crippen molar-refractivity contribution in [3.63, 3.8) is 0 Å². The zero-order chi connectivity index (χ0) is 15.5. The minimum Gasteiger partial charge on any atom is -0.338 e. The Balaban J connectivity index is 0.00000192. The molecule has 2 aromatic rings.